The Balaban J connectivity index is 1.31. The van der Waals surface area contributed by atoms with E-state index in [1.807, 2.05) is 10.9 Å². The largest absolute Gasteiger partial charge is 0.463 e. The maximum absolute atomic E-state index is 12.7. The van der Waals surface area contributed by atoms with Gasteiger partial charge in [0, 0.05) is 24.3 Å². The van der Waals surface area contributed by atoms with Crippen LogP contribution in [0.2, 0.25) is 0 Å². The van der Waals surface area contributed by atoms with Gasteiger partial charge in [0.25, 0.3) is 0 Å². The summed E-state index contributed by atoms with van der Waals surface area (Å²) in [4.78, 5) is 24.2. The molecule has 10 heteroatoms. The molecular weight excluding hydrogens is 456 g/mol. The van der Waals surface area contributed by atoms with E-state index in [4.69, 9.17) is 10.5 Å². The zero-order valence-electron chi connectivity index (χ0n) is 20.1. The molecule has 0 unspecified atom stereocenters. The molecule has 186 valence electrons. The number of nitrogen functional groups attached to an aromatic ring is 1. The van der Waals surface area contributed by atoms with Crippen LogP contribution in [-0.2, 0) is 19.5 Å². The van der Waals surface area contributed by atoms with E-state index in [2.05, 4.69) is 61.9 Å². The number of imidazole rings is 1. The van der Waals surface area contributed by atoms with Gasteiger partial charge in [0.15, 0.2) is 11.5 Å². The number of hydrogen-bond acceptors (Lipinski definition) is 7. The third-order valence-corrected chi connectivity index (χ3v) is 6.98. The highest BCUT2D eigenvalue weighted by Crippen LogP contribution is 2.27. The molecule has 1 saturated carbocycles. The van der Waals surface area contributed by atoms with E-state index in [0.29, 0.717) is 36.8 Å². The number of anilines is 1. The van der Waals surface area contributed by atoms with Crippen LogP contribution >= 0.6 is 0 Å². The molecule has 1 fully saturated rings. The molecule has 10 nitrogen and oxygen atoms in total. The van der Waals surface area contributed by atoms with Crippen LogP contribution in [0, 0.1) is 0 Å². The first-order chi connectivity index (χ1) is 17.6. The zero-order chi connectivity index (χ0) is 24.5. The first kappa shape index (κ1) is 22.5. The van der Waals surface area contributed by atoms with Gasteiger partial charge >= 0.3 is 11.7 Å². The maximum atomic E-state index is 12.7. The minimum Gasteiger partial charge on any atom is -0.463 e. The van der Waals surface area contributed by atoms with E-state index in [0.717, 1.165) is 36.2 Å². The number of fused-ring (bicyclic) bond motifs is 3. The predicted octanol–water partition coefficient (Wildman–Crippen LogP) is 2.64. The van der Waals surface area contributed by atoms with Crippen molar-refractivity contribution in [3.05, 3.63) is 64.4 Å². The quantitative estimate of drug-likeness (QED) is 0.370. The Morgan fingerprint density at radius 2 is 2.14 bits per heavy atom. The van der Waals surface area contributed by atoms with Crippen LogP contribution in [-0.4, -0.2) is 48.5 Å². The van der Waals surface area contributed by atoms with Gasteiger partial charge < -0.3 is 20.8 Å². The number of allylic oxidation sites excluding steroid dienone is 1. The van der Waals surface area contributed by atoms with Gasteiger partial charge in [-0.3, -0.25) is 9.25 Å². The average molecular weight is 487 g/mol. The topological polar surface area (TPSA) is 129 Å². The number of nitrogens with two attached hydrogens (primary N) is 1. The van der Waals surface area contributed by atoms with E-state index >= 15 is 0 Å². The number of aromatic nitrogens is 6. The first-order valence-electron chi connectivity index (χ1n) is 12.6. The van der Waals surface area contributed by atoms with Crippen molar-refractivity contribution in [1.29, 1.82) is 0 Å². The van der Waals surface area contributed by atoms with Gasteiger partial charge in [-0.2, -0.15) is 15.1 Å². The van der Waals surface area contributed by atoms with Crippen molar-refractivity contribution in [2.45, 2.75) is 51.2 Å². The maximum Gasteiger partial charge on any atom is 0.328 e. The average Bonchev–Trinajstić information content (AvgIpc) is 3.43. The standard InChI is InChI=1S/C26H30N8O2/c27-23-22-24-32-25(31-23)36-12-3-1-2-5-18-13-17(15-34(24)26(35)30-22)8-9-21(18)19-14-29-33(16-19)11-10-28-20-6-4-7-20/h1-2,8-9,13-14,16,20,28H,3-7,10-12,15H2,(H,30,35)(H2,27,31,32)/b2-1+. The number of nitrogens with zero attached hydrogens (tertiary/aromatic N) is 5. The van der Waals surface area contributed by atoms with Crippen molar-refractivity contribution >= 4 is 17.0 Å². The number of benzene rings is 1. The van der Waals surface area contributed by atoms with Crippen molar-refractivity contribution in [3.63, 3.8) is 0 Å². The Bertz CT molecular complexity index is 1480. The van der Waals surface area contributed by atoms with Crippen LogP contribution in [0.4, 0.5) is 5.82 Å². The summed E-state index contributed by atoms with van der Waals surface area (Å²) in [5.74, 6) is 0.199. The van der Waals surface area contributed by atoms with Gasteiger partial charge in [0.1, 0.15) is 5.52 Å². The van der Waals surface area contributed by atoms with Crippen molar-refractivity contribution in [1.82, 2.24) is 34.6 Å². The highest BCUT2D eigenvalue weighted by molar-refractivity contribution is 5.82. The molecule has 0 radical (unpaired) electrons. The Hall–Kier alpha value is -3.92. The summed E-state index contributed by atoms with van der Waals surface area (Å²) < 4.78 is 9.29. The summed E-state index contributed by atoms with van der Waals surface area (Å²) in [6, 6.07) is 7.19. The lowest BCUT2D eigenvalue weighted by Crippen LogP contribution is -2.37. The fraction of sp³-hybridized carbons (Fsp3) is 0.385. The molecule has 4 N–H and O–H groups in total. The molecule has 4 bridgehead atoms. The Morgan fingerprint density at radius 1 is 1.22 bits per heavy atom. The number of ether oxygens (including phenoxy) is 1. The van der Waals surface area contributed by atoms with Gasteiger partial charge in [-0.15, -0.1) is 0 Å². The smallest absolute Gasteiger partial charge is 0.328 e. The van der Waals surface area contributed by atoms with Crippen LogP contribution in [0.15, 0.2) is 47.5 Å². The van der Waals surface area contributed by atoms with Crippen LogP contribution in [0.3, 0.4) is 0 Å². The molecule has 4 aromatic rings. The van der Waals surface area contributed by atoms with Crippen molar-refractivity contribution < 1.29 is 4.74 Å². The second-order valence-corrected chi connectivity index (χ2v) is 9.48. The molecule has 0 atom stereocenters. The zero-order valence-corrected chi connectivity index (χ0v) is 20.1. The highest BCUT2D eigenvalue weighted by Gasteiger charge is 2.17. The summed E-state index contributed by atoms with van der Waals surface area (Å²) in [6.07, 6.45) is 13.7. The summed E-state index contributed by atoms with van der Waals surface area (Å²) >= 11 is 0. The summed E-state index contributed by atoms with van der Waals surface area (Å²) in [5.41, 5.74) is 11.1. The lowest BCUT2D eigenvalue weighted by molar-refractivity contribution is 0.300. The van der Waals surface area contributed by atoms with E-state index in [-0.39, 0.29) is 17.5 Å². The van der Waals surface area contributed by atoms with Crippen molar-refractivity contribution in [2.75, 3.05) is 18.9 Å². The van der Waals surface area contributed by atoms with Gasteiger partial charge in [-0.1, -0.05) is 36.8 Å². The minimum atomic E-state index is -0.280. The minimum absolute atomic E-state index is 0.175. The van der Waals surface area contributed by atoms with Gasteiger partial charge in [0.2, 0.25) is 0 Å². The second kappa shape index (κ2) is 9.62. The number of hydrogen-bond donors (Lipinski definition) is 3. The molecule has 0 amide bonds. The molecule has 4 heterocycles. The summed E-state index contributed by atoms with van der Waals surface area (Å²) in [6.45, 7) is 2.56. The molecule has 36 heavy (non-hydrogen) atoms. The van der Waals surface area contributed by atoms with E-state index < -0.39 is 0 Å². The molecule has 3 aromatic heterocycles. The number of H-pyrrole nitrogens is 1. The summed E-state index contributed by atoms with van der Waals surface area (Å²) in [5, 5.41) is 8.19. The van der Waals surface area contributed by atoms with Crippen LogP contribution < -0.4 is 21.5 Å². The lowest BCUT2D eigenvalue weighted by atomic mass is 9.93. The van der Waals surface area contributed by atoms with E-state index in [9.17, 15) is 4.79 Å². The monoisotopic (exact) mass is 486 g/mol. The molecule has 6 rings (SSSR count). The molecule has 2 aliphatic rings. The van der Waals surface area contributed by atoms with Crippen LogP contribution in [0.25, 0.3) is 22.3 Å². The normalized spacial score (nSPS) is 17.0. The van der Waals surface area contributed by atoms with Gasteiger partial charge in [-0.05, 0) is 42.4 Å². The first-order valence-corrected chi connectivity index (χ1v) is 12.6. The third kappa shape index (κ3) is 4.51. The number of nitrogens with one attached hydrogen (secondary N) is 2. The Kier molecular flexibility index (Phi) is 6.02. The number of aromatic amines is 1. The fourth-order valence-electron chi connectivity index (χ4n) is 4.79. The third-order valence-electron chi connectivity index (χ3n) is 6.98. The fourth-order valence-corrected chi connectivity index (χ4v) is 4.79. The molecular formula is C26H30N8O2. The van der Waals surface area contributed by atoms with Crippen molar-refractivity contribution in [2.24, 2.45) is 0 Å². The SMILES string of the molecule is Nc1nc2nc3c1[nH]c(=O)n3Cc1ccc(-c3cnn(CCNC4CCC4)c3)c(c1)C/C=C/CCO2. The molecule has 1 aliphatic heterocycles. The van der Waals surface area contributed by atoms with Crippen LogP contribution in [0.1, 0.15) is 36.8 Å². The second-order valence-electron chi connectivity index (χ2n) is 9.48. The van der Waals surface area contributed by atoms with Crippen LogP contribution in [0.5, 0.6) is 6.01 Å². The van der Waals surface area contributed by atoms with E-state index in [1.165, 1.54) is 24.8 Å². The van der Waals surface area contributed by atoms with Gasteiger partial charge in [0.05, 0.1) is 25.9 Å². The highest BCUT2D eigenvalue weighted by atomic mass is 16.5. The van der Waals surface area contributed by atoms with Crippen molar-refractivity contribution in [3.8, 4) is 17.1 Å². The Labute approximate surface area is 208 Å². The summed E-state index contributed by atoms with van der Waals surface area (Å²) in [7, 11) is 0. The van der Waals surface area contributed by atoms with E-state index in [1.54, 1.807) is 4.57 Å². The molecule has 1 aliphatic carbocycles. The molecule has 1 aromatic carbocycles. The predicted molar refractivity (Wildman–Crippen MR) is 138 cm³/mol. The molecule has 0 spiro atoms. The Morgan fingerprint density at radius 3 is 3.00 bits per heavy atom. The number of rotatable bonds is 5. The lowest BCUT2D eigenvalue weighted by Gasteiger charge is -2.26. The van der Waals surface area contributed by atoms with Gasteiger partial charge in [-0.25, -0.2) is 4.79 Å². The molecule has 0 saturated heterocycles.